The Balaban J connectivity index is 2.21. The van der Waals surface area contributed by atoms with Crippen molar-refractivity contribution < 1.29 is 9.47 Å². The molecule has 2 aromatic rings. The number of aromatic nitrogens is 2. The summed E-state index contributed by atoms with van der Waals surface area (Å²) in [5.74, 6) is 1.30. The first-order valence-corrected chi connectivity index (χ1v) is 6.22. The lowest BCUT2D eigenvalue weighted by molar-refractivity contribution is 0.281. The highest BCUT2D eigenvalue weighted by Crippen LogP contribution is 2.25. The van der Waals surface area contributed by atoms with Crippen molar-refractivity contribution in [3.8, 4) is 17.7 Å². The second-order valence-corrected chi connectivity index (χ2v) is 4.09. The van der Waals surface area contributed by atoms with E-state index in [9.17, 15) is 0 Å². The third-order valence-electron chi connectivity index (χ3n) is 2.93. The van der Waals surface area contributed by atoms with Crippen LogP contribution >= 0.6 is 0 Å². The van der Waals surface area contributed by atoms with E-state index in [1.165, 1.54) is 4.68 Å². The number of anilines is 1. The molecule has 0 radical (unpaired) electrons. The van der Waals surface area contributed by atoms with Gasteiger partial charge >= 0.3 is 0 Å². The predicted octanol–water partition coefficient (Wildman–Crippen LogP) is 1.94. The minimum absolute atomic E-state index is 0.248. The summed E-state index contributed by atoms with van der Waals surface area (Å²) in [5, 5.41) is 13.3. The molecule has 0 fully saturated rings. The van der Waals surface area contributed by atoms with Gasteiger partial charge < -0.3 is 15.2 Å². The minimum atomic E-state index is 0.248. The number of nitriles is 1. The number of rotatable bonds is 5. The third kappa shape index (κ3) is 2.52. The van der Waals surface area contributed by atoms with Crippen LogP contribution in [0.4, 0.5) is 5.82 Å². The Bertz CT molecular complexity index is 643. The maximum atomic E-state index is 9.12. The second-order valence-electron chi connectivity index (χ2n) is 4.09. The second kappa shape index (κ2) is 5.97. The van der Waals surface area contributed by atoms with Crippen LogP contribution in [-0.2, 0) is 13.2 Å². The Labute approximate surface area is 117 Å². The van der Waals surface area contributed by atoms with Crippen molar-refractivity contribution in [1.82, 2.24) is 9.78 Å². The molecule has 1 heterocycles. The quantitative estimate of drug-likeness (QED) is 0.899. The van der Waals surface area contributed by atoms with Crippen molar-refractivity contribution in [3.63, 3.8) is 0 Å². The normalized spacial score (nSPS) is 10.1. The van der Waals surface area contributed by atoms with Crippen LogP contribution in [0.3, 0.4) is 0 Å². The van der Waals surface area contributed by atoms with E-state index in [0.717, 1.165) is 11.3 Å². The van der Waals surface area contributed by atoms with E-state index in [1.54, 1.807) is 7.11 Å². The lowest BCUT2D eigenvalue weighted by atomic mass is 10.2. The minimum Gasteiger partial charge on any atom is -0.496 e. The van der Waals surface area contributed by atoms with Crippen molar-refractivity contribution >= 4 is 5.82 Å². The summed E-state index contributed by atoms with van der Waals surface area (Å²) in [5.41, 5.74) is 6.97. The van der Waals surface area contributed by atoms with Crippen LogP contribution in [0.15, 0.2) is 24.3 Å². The highest BCUT2D eigenvalue weighted by Gasteiger charge is 2.16. The maximum absolute atomic E-state index is 9.12. The van der Waals surface area contributed by atoms with E-state index in [-0.39, 0.29) is 18.1 Å². The van der Waals surface area contributed by atoms with E-state index >= 15 is 0 Å². The van der Waals surface area contributed by atoms with Gasteiger partial charge in [-0.2, -0.15) is 5.26 Å². The molecule has 2 rings (SSSR count). The van der Waals surface area contributed by atoms with Gasteiger partial charge in [0.1, 0.15) is 24.2 Å². The zero-order chi connectivity index (χ0) is 14.5. The Morgan fingerprint density at radius 3 is 2.80 bits per heavy atom. The summed E-state index contributed by atoms with van der Waals surface area (Å²) in [6, 6.07) is 9.54. The van der Waals surface area contributed by atoms with E-state index in [4.69, 9.17) is 20.5 Å². The molecule has 0 aliphatic carbocycles. The summed E-state index contributed by atoms with van der Waals surface area (Å²) >= 11 is 0. The van der Waals surface area contributed by atoms with Crippen molar-refractivity contribution in [2.45, 2.75) is 20.1 Å². The number of methoxy groups -OCH3 is 1. The standard InChI is InChI=1S/C14H16N4O2/c1-3-18-13(16)11(8-15)14(17-18)20-9-10-6-4-5-7-12(10)19-2/h4-7H,3,9,16H2,1-2H3. The van der Waals surface area contributed by atoms with Crippen molar-refractivity contribution in [1.29, 1.82) is 5.26 Å². The molecule has 2 N–H and O–H groups in total. The lowest BCUT2D eigenvalue weighted by Gasteiger charge is -2.08. The molecule has 20 heavy (non-hydrogen) atoms. The van der Waals surface area contributed by atoms with Crippen LogP contribution in [0.25, 0.3) is 0 Å². The SMILES string of the molecule is CCn1nc(OCc2ccccc2OC)c(C#N)c1N. The third-order valence-corrected chi connectivity index (χ3v) is 2.93. The number of nitrogen functional groups attached to an aromatic ring is 1. The zero-order valence-electron chi connectivity index (χ0n) is 11.5. The maximum Gasteiger partial charge on any atom is 0.253 e. The van der Waals surface area contributed by atoms with E-state index in [2.05, 4.69) is 5.10 Å². The van der Waals surface area contributed by atoms with Gasteiger partial charge in [-0.15, -0.1) is 5.10 Å². The van der Waals surface area contributed by atoms with Gasteiger partial charge in [-0.3, -0.25) is 0 Å². The molecular formula is C14H16N4O2. The molecule has 0 atom stereocenters. The summed E-state index contributed by atoms with van der Waals surface area (Å²) < 4.78 is 12.4. The smallest absolute Gasteiger partial charge is 0.253 e. The molecule has 6 nitrogen and oxygen atoms in total. The first kappa shape index (κ1) is 13.7. The number of aryl methyl sites for hydroxylation is 1. The number of para-hydroxylation sites is 1. The summed E-state index contributed by atoms with van der Waals surface area (Å²) in [7, 11) is 1.60. The molecule has 1 aromatic heterocycles. The number of hydrogen-bond donors (Lipinski definition) is 1. The van der Waals surface area contributed by atoms with Gasteiger partial charge in [-0.25, -0.2) is 4.68 Å². The van der Waals surface area contributed by atoms with Gasteiger partial charge in [0, 0.05) is 12.1 Å². The van der Waals surface area contributed by atoms with E-state index < -0.39 is 0 Å². The van der Waals surface area contributed by atoms with Crippen LogP contribution in [-0.4, -0.2) is 16.9 Å². The van der Waals surface area contributed by atoms with Crippen LogP contribution in [0.2, 0.25) is 0 Å². The van der Waals surface area contributed by atoms with Gasteiger partial charge in [-0.05, 0) is 13.0 Å². The predicted molar refractivity (Wildman–Crippen MR) is 74.4 cm³/mol. The molecule has 0 saturated heterocycles. The molecule has 0 spiro atoms. The molecule has 104 valence electrons. The Kier molecular flexibility index (Phi) is 4.11. The summed E-state index contributed by atoms with van der Waals surface area (Å²) in [6.45, 7) is 2.74. The molecule has 0 unspecified atom stereocenters. The van der Waals surface area contributed by atoms with Crippen LogP contribution < -0.4 is 15.2 Å². The van der Waals surface area contributed by atoms with Gasteiger partial charge in [0.05, 0.1) is 7.11 Å². The van der Waals surface area contributed by atoms with Gasteiger partial charge in [0.25, 0.3) is 5.88 Å². The molecular weight excluding hydrogens is 256 g/mol. The van der Waals surface area contributed by atoms with Crippen molar-refractivity contribution in [2.75, 3.05) is 12.8 Å². The summed E-state index contributed by atoms with van der Waals surface area (Å²) in [4.78, 5) is 0. The fraction of sp³-hybridized carbons (Fsp3) is 0.286. The molecule has 0 aliphatic heterocycles. The Morgan fingerprint density at radius 1 is 1.40 bits per heavy atom. The first-order valence-electron chi connectivity index (χ1n) is 6.22. The molecule has 6 heteroatoms. The molecule has 1 aromatic carbocycles. The largest absolute Gasteiger partial charge is 0.496 e. The molecule has 0 aliphatic rings. The average molecular weight is 272 g/mol. The zero-order valence-corrected chi connectivity index (χ0v) is 11.5. The number of nitrogens with zero attached hydrogens (tertiary/aromatic N) is 3. The number of hydrogen-bond acceptors (Lipinski definition) is 5. The highest BCUT2D eigenvalue weighted by molar-refractivity contribution is 5.55. The van der Waals surface area contributed by atoms with Gasteiger partial charge in [0.15, 0.2) is 5.56 Å². The summed E-state index contributed by atoms with van der Waals surface area (Å²) in [6.07, 6.45) is 0. The Morgan fingerprint density at radius 2 is 2.15 bits per heavy atom. The van der Waals surface area contributed by atoms with Gasteiger partial charge in [0.2, 0.25) is 0 Å². The monoisotopic (exact) mass is 272 g/mol. The van der Waals surface area contributed by atoms with E-state index in [0.29, 0.717) is 12.4 Å². The lowest BCUT2D eigenvalue weighted by Crippen LogP contribution is -2.02. The average Bonchev–Trinajstić information content (AvgIpc) is 2.80. The fourth-order valence-electron chi connectivity index (χ4n) is 1.87. The van der Waals surface area contributed by atoms with Crippen LogP contribution in [0.1, 0.15) is 18.1 Å². The number of benzene rings is 1. The molecule has 0 saturated carbocycles. The number of ether oxygens (including phenoxy) is 2. The number of nitrogens with two attached hydrogens (primary N) is 1. The first-order chi connectivity index (χ1) is 9.71. The van der Waals surface area contributed by atoms with Crippen molar-refractivity contribution in [3.05, 3.63) is 35.4 Å². The highest BCUT2D eigenvalue weighted by atomic mass is 16.5. The fourth-order valence-corrected chi connectivity index (χ4v) is 1.87. The topological polar surface area (TPSA) is 86.1 Å². The van der Waals surface area contributed by atoms with Gasteiger partial charge in [-0.1, -0.05) is 18.2 Å². The van der Waals surface area contributed by atoms with E-state index in [1.807, 2.05) is 37.3 Å². The van der Waals surface area contributed by atoms with Crippen molar-refractivity contribution in [2.24, 2.45) is 0 Å². The molecule has 0 amide bonds. The van der Waals surface area contributed by atoms with Crippen LogP contribution in [0.5, 0.6) is 11.6 Å². The molecule has 0 bridgehead atoms. The Hall–Kier alpha value is -2.68. The van der Waals surface area contributed by atoms with Crippen LogP contribution in [0, 0.1) is 11.3 Å².